The molecule has 2 aliphatic rings. The van der Waals surface area contributed by atoms with Crippen molar-refractivity contribution in [2.45, 2.75) is 52.1 Å². The van der Waals surface area contributed by atoms with Crippen LogP contribution in [0, 0.1) is 5.92 Å². The number of hydrogen-bond donors (Lipinski definition) is 1. The van der Waals surface area contributed by atoms with E-state index in [0.717, 1.165) is 36.9 Å². The van der Waals surface area contributed by atoms with Crippen LogP contribution in [0.2, 0.25) is 0 Å². The number of carbonyl (C=O) groups excluding carboxylic acids is 2. The fourth-order valence-electron chi connectivity index (χ4n) is 3.58. The van der Waals surface area contributed by atoms with Gasteiger partial charge in [0.15, 0.2) is 11.9 Å². The van der Waals surface area contributed by atoms with Gasteiger partial charge in [0, 0.05) is 41.5 Å². The van der Waals surface area contributed by atoms with Crippen molar-refractivity contribution in [2.75, 3.05) is 23.3 Å². The van der Waals surface area contributed by atoms with E-state index in [4.69, 9.17) is 4.74 Å². The van der Waals surface area contributed by atoms with Gasteiger partial charge in [-0.3, -0.25) is 9.59 Å². The highest BCUT2D eigenvalue weighted by Gasteiger charge is 2.30. The lowest BCUT2D eigenvalue weighted by molar-refractivity contribution is -0.122. The van der Waals surface area contributed by atoms with Crippen LogP contribution in [0.3, 0.4) is 0 Å². The SMILES string of the molecule is CC1Oc2ccc(C(=O)C3CCN(c4nc(C(C)(C)C)ns4)CC3)cc2NC1=O. The lowest BCUT2D eigenvalue weighted by Crippen LogP contribution is -2.36. The molecule has 2 aromatic rings. The van der Waals surface area contributed by atoms with E-state index in [0.29, 0.717) is 17.0 Å². The van der Waals surface area contributed by atoms with Crippen LogP contribution >= 0.6 is 11.5 Å². The summed E-state index contributed by atoms with van der Waals surface area (Å²) in [6.07, 6.45) is 1.04. The molecule has 3 heterocycles. The van der Waals surface area contributed by atoms with Gasteiger partial charge in [-0.05, 0) is 38.0 Å². The summed E-state index contributed by atoms with van der Waals surface area (Å²) in [4.78, 5) is 31.8. The van der Waals surface area contributed by atoms with E-state index >= 15 is 0 Å². The number of piperidine rings is 1. The van der Waals surface area contributed by atoms with Gasteiger partial charge in [0.25, 0.3) is 5.91 Å². The van der Waals surface area contributed by atoms with Crippen molar-refractivity contribution in [3.63, 3.8) is 0 Å². The van der Waals surface area contributed by atoms with Crippen molar-refractivity contribution < 1.29 is 14.3 Å². The second kappa shape index (κ2) is 7.40. The van der Waals surface area contributed by atoms with Crippen LogP contribution in [0.1, 0.15) is 56.7 Å². The number of carbonyl (C=O) groups is 2. The first kappa shape index (κ1) is 19.8. The lowest BCUT2D eigenvalue weighted by Gasteiger charge is -2.31. The van der Waals surface area contributed by atoms with Crippen LogP contribution in [0.5, 0.6) is 5.75 Å². The Bertz CT molecular complexity index is 942. The number of ether oxygens (including phenoxy) is 1. The molecular formula is C21H26N4O3S. The summed E-state index contributed by atoms with van der Waals surface area (Å²) in [6, 6.07) is 5.29. The third-order valence-electron chi connectivity index (χ3n) is 5.42. The number of nitrogens with zero attached hydrogens (tertiary/aromatic N) is 3. The minimum atomic E-state index is -0.521. The monoisotopic (exact) mass is 414 g/mol. The molecule has 1 aromatic heterocycles. The number of ketones is 1. The van der Waals surface area contributed by atoms with Gasteiger partial charge in [-0.2, -0.15) is 4.37 Å². The topological polar surface area (TPSA) is 84.4 Å². The number of amides is 1. The third kappa shape index (κ3) is 3.99. The Morgan fingerprint density at radius 3 is 2.66 bits per heavy atom. The Morgan fingerprint density at radius 1 is 1.28 bits per heavy atom. The zero-order valence-corrected chi connectivity index (χ0v) is 18.0. The van der Waals surface area contributed by atoms with Crippen LogP contribution < -0.4 is 15.0 Å². The predicted molar refractivity (Wildman–Crippen MR) is 113 cm³/mol. The van der Waals surface area contributed by atoms with Crippen LogP contribution in [-0.2, 0) is 10.2 Å². The van der Waals surface area contributed by atoms with Crippen molar-refractivity contribution in [3.8, 4) is 5.75 Å². The van der Waals surface area contributed by atoms with Crippen molar-refractivity contribution in [2.24, 2.45) is 5.92 Å². The molecule has 1 aromatic carbocycles. The van der Waals surface area contributed by atoms with Crippen molar-refractivity contribution >= 4 is 34.0 Å². The number of fused-ring (bicyclic) bond motifs is 1. The van der Waals surface area contributed by atoms with Crippen molar-refractivity contribution in [1.82, 2.24) is 9.36 Å². The van der Waals surface area contributed by atoms with E-state index in [9.17, 15) is 9.59 Å². The van der Waals surface area contributed by atoms with Crippen molar-refractivity contribution in [3.05, 3.63) is 29.6 Å². The van der Waals surface area contributed by atoms with Crippen LogP contribution in [0.4, 0.5) is 10.8 Å². The summed E-state index contributed by atoms with van der Waals surface area (Å²) in [5.74, 6) is 1.37. The molecule has 1 N–H and O–H groups in total. The van der Waals surface area contributed by atoms with Crippen molar-refractivity contribution in [1.29, 1.82) is 0 Å². The van der Waals surface area contributed by atoms with E-state index in [-0.39, 0.29) is 23.0 Å². The number of rotatable bonds is 3. The summed E-state index contributed by atoms with van der Waals surface area (Å²) in [5, 5.41) is 3.75. The van der Waals surface area contributed by atoms with Gasteiger partial charge in [-0.15, -0.1) is 0 Å². The van der Waals surface area contributed by atoms with Gasteiger partial charge in [-0.1, -0.05) is 20.8 Å². The molecule has 8 heteroatoms. The van der Waals surface area contributed by atoms with Gasteiger partial charge < -0.3 is 15.0 Å². The molecule has 7 nitrogen and oxygen atoms in total. The second-order valence-electron chi connectivity index (χ2n) is 8.74. The lowest BCUT2D eigenvalue weighted by atomic mass is 9.88. The van der Waals surface area contributed by atoms with Crippen LogP contribution in [0.25, 0.3) is 0 Å². The van der Waals surface area contributed by atoms with Gasteiger partial charge in [0.2, 0.25) is 5.13 Å². The molecule has 0 radical (unpaired) electrons. The summed E-state index contributed by atoms with van der Waals surface area (Å²) >= 11 is 1.43. The second-order valence-corrected chi connectivity index (χ2v) is 9.47. The summed E-state index contributed by atoms with van der Waals surface area (Å²) in [5.41, 5.74) is 1.12. The third-order valence-corrected chi connectivity index (χ3v) is 6.19. The van der Waals surface area contributed by atoms with Gasteiger partial charge in [0.1, 0.15) is 11.6 Å². The number of benzene rings is 1. The first-order valence-corrected chi connectivity index (χ1v) is 10.7. The maximum Gasteiger partial charge on any atom is 0.265 e. The summed E-state index contributed by atoms with van der Waals surface area (Å²) in [6.45, 7) is 9.60. The normalized spacial score (nSPS) is 20.1. The molecule has 0 bridgehead atoms. The standard InChI is InChI=1S/C21H26N4O3S/c1-12-18(27)22-15-11-14(5-6-16(15)28-12)17(26)13-7-9-25(10-8-13)20-23-19(24-29-20)21(2,3)4/h5-6,11-13H,7-10H2,1-4H3,(H,22,27). The Hall–Kier alpha value is -2.48. The zero-order valence-electron chi connectivity index (χ0n) is 17.2. The Morgan fingerprint density at radius 2 is 2.00 bits per heavy atom. The number of aromatic nitrogens is 2. The highest BCUT2D eigenvalue weighted by Crippen LogP contribution is 2.33. The largest absolute Gasteiger partial charge is 0.479 e. The summed E-state index contributed by atoms with van der Waals surface area (Å²) in [7, 11) is 0. The summed E-state index contributed by atoms with van der Waals surface area (Å²) < 4.78 is 10.1. The number of Topliss-reactive ketones (excluding diaryl/α,β-unsaturated/α-hetero) is 1. The highest BCUT2D eigenvalue weighted by atomic mass is 32.1. The first-order valence-electron chi connectivity index (χ1n) is 9.97. The molecule has 154 valence electrons. The molecule has 1 saturated heterocycles. The minimum absolute atomic E-state index is 0.0292. The number of hydrogen-bond acceptors (Lipinski definition) is 7. The molecule has 0 aliphatic carbocycles. The molecule has 4 rings (SSSR count). The Kier molecular flexibility index (Phi) is 5.06. The molecule has 2 aliphatic heterocycles. The average Bonchev–Trinajstić information content (AvgIpc) is 3.19. The first-order chi connectivity index (χ1) is 13.7. The van der Waals surface area contributed by atoms with Gasteiger partial charge in [0.05, 0.1) is 5.69 Å². The maximum absolute atomic E-state index is 13.0. The fourth-order valence-corrected chi connectivity index (χ4v) is 4.49. The van der Waals surface area contributed by atoms with E-state index in [1.807, 2.05) is 0 Å². The molecule has 0 spiro atoms. The van der Waals surface area contributed by atoms with E-state index < -0.39 is 6.10 Å². The molecule has 1 atom stereocenters. The Labute approximate surface area is 174 Å². The zero-order chi connectivity index (χ0) is 20.8. The minimum Gasteiger partial charge on any atom is -0.479 e. The van der Waals surface area contributed by atoms with E-state index in [1.165, 1.54) is 11.5 Å². The highest BCUT2D eigenvalue weighted by molar-refractivity contribution is 7.09. The van der Waals surface area contributed by atoms with E-state index in [1.54, 1.807) is 25.1 Å². The number of nitrogens with one attached hydrogen (secondary N) is 1. The van der Waals surface area contributed by atoms with Crippen LogP contribution in [0.15, 0.2) is 18.2 Å². The fraction of sp³-hybridized carbons (Fsp3) is 0.524. The molecule has 1 fully saturated rings. The Balaban J connectivity index is 1.41. The number of anilines is 2. The molecular weight excluding hydrogens is 388 g/mol. The van der Waals surface area contributed by atoms with Gasteiger partial charge in [-0.25, -0.2) is 4.98 Å². The molecule has 0 saturated carbocycles. The van der Waals surface area contributed by atoms with Gasteiger partial charge >= 0.3 is 0 Å². The molecule has 29 heavy (non-hydrogen) atoms. The molecule has 1 amide bonds. The smallest absolute Gasteiger partial charge is 0.265 e. The van der Waals surface area contributed by atoms with Crippen LogP contribution in [-0.4, -0.2) is 40.2 Å². The van der Waals surface area contributed by atoms with E-state index in [2.05, 4.69) is 40.3 Å². The maximum atomic E-state index is 13.0. The molecule has 1 unspecified atom stereocenters. The quantitative estimate of drug-likeness (QED) is 0.772. The predicted octanol–water partition coefficient (Wildman–Crippen LogP) is 3.65. The average molecular weight is 415 g/mol.